The van der Waals surface area contributed by atoms with Gasteiger partial charge in [-0.25, -0.2) is 4.39 Å². The first kappa shape index (κ1) is 15.2. The highest BCUT2D eigenvalue weighted by atomic mass is 19.1. The summed E-state index contributed by atoms with van der Waals surface area (Å²) in [5.74, 6) is -0.562. The second-order valence-electron chi connectivity index (χ2n) is 6.11. The molecule has 0 aromatic heterocycles. The van der Waals surface area contributed by atoms with Crippen molar-refractivity contribution < 1.29 is 9.18 Å². The van der Waals surface area contributed by atoms with Crippen LogP contribution in [0.3, 0.4) is 0 Å². The third-order valence-corrected chi connectivity index (χ3v) is 3.32. The zero-order valence-electron chi connectivity index (χ0n) is 12.6. The topological polar surface area (TPSA) is 29.1 Å². The minimum Gasteiger partial charge on any atom is -0.326 e. The summed E-state index contributed by atoms with van der Waals surface area (Å²) in [6.45, 7) is 6.28. The van der Waals surface area contributed by atoms with E-state index in [1.807, 2.05) is 24.3 Å². The number of hydrogen-bond acceptors (Lipinski definition) is 1. The van der Waals surface area contributed by atoms with Gasteiger partial charge < -0.3 is 5.32 Å². The summed E-state index contributed by atoms with van der Waals surface area (Å²) in [6, 6.07) is 14.1. The molecule has 21 heavy (non-hydrogen) atoms. The summed E-state index contributed by atoms with van der Waals surface area (Å²) in [4.78, 5) is 12.1. The number of benzene rings is 2. The Bertz CT molecular complexity index is 644. The number of nitrogens with one attached hydrogen (secondary N) is 1. The molecule has 2 aromatic rings. The van der Waals surface area contributed by atoms with Gasteiger partial charge in [-0.2, -0.15) is 0 Å². The van der Waals surface area contributed by atoms with Crippen LogP contribution in [0.1, 0.15) is 31.9 Å². The van der Waals surface area contributed by atoms with E-state index in [-0.39, 0.29) is 23.6 Å². The van der Waals surface area contributed by atoms with Gasteiger partial charge in [-0.1, -0.05) is 57.2 Å². The quantitative estimate of drug-likeness (QED) is 0.894. The Hall–Kier alpha value is -2.16. The fourth-order valence-corrected chi connectivity index (χ4v) is 2.26. The second kappa shape index (κ2) is 6.08. The molecule has 0 unspecified atom stereocenters. The molecule has 2 aromatic carbocycles. The Morgan fingerprint density at radius 2 is 1.67 bits per heavy atom. The highest BCUT2D eigenvalue weighted by Gasteiger charge is 2.18. The molecule has 1 N–H and O–H groups in total. The zero-order valence-corrected chi connectivity index (χ0v) is 12.6. The molecule has 0 aliphatic heterocycles. The molecule has 2 rings (SSSR count). The molecule has 0 radical (unpaired) electrons. The molecule has 0 bridgehead atoms. The number of carbonyl (C=O) groups excluding carboxylic acids is 1. The molecule has 0 saturated carbocycles. The minimum atomic E-state index is -0.350. The standard InChI is InChI=1S/C18H20FNO/c1-18(2,3)14-9-5-7-11-16(14)20-17(21)12-13-8-4-6-10-15(13)19/h4-11H,12H2,1-3H3,(H,20,21). The highest BCUT2D eigenvalue weighted by Crippen LogP contribution is 2.29. The van der Waals surface area contributed by atoms with Gasteiger partial charge in [0.1, 0.15) is 5.82 Å². The van der Waals surface area contributed by atoms with Gasteiger partial charge in [0, 0.05) is 5.69 Å². The first-order valence-corrected chi connectivity index (χ1v) is 7.00. The predicted molar refractivity (Wildman–Crippen MR) is 83.9 cm³/mol. The average molecular weight is 285 g/mol. The second-order valence-corrected chi connectivity index (χ2v) is 6.11. The van der Waals surface area contributed by atoms with E-state index in [4.69, 9.17) is 0 Å². The van der Waals surface area contributed by atoms with Crippen molar-refractivity contribution in [3.63, 3.8) is 0 Å². The van der Waals surface area contributed by atoms with E-state index in [9.17, 15) is 9.18 Å². The number of rotatable bonds is 3. The number of hydrogen-bond donors (Lipinski definition) is 1. The van der Waals surface area contributed by atoms with E-state index < -0.39 is 0 Å². The molecule has 0 fully saturated rings. The van der Waals surface area contributed by atoms with Crippen LogP contribution in [-0.4, -0.2) is 5.91 Å². The molecule has 1 amide bonds. The maximum atomic E-state index is 13.6. The largest absolute Gasteiger partial charge is 0.326 e. The molecule has 110 valence electrons. The van der Waals surface area contributed by atoms with Gasteiger partial charge in [-0.05, 0) is 28.7 Å². The van der Waals surface area contributed by atoms with Gasteiger partial charge in [0.05, 0.1) is 6.42 Å². The summed E-state index contributed by atoms with van der Waals surface area (Å²) < 4.78 is 13.6. The third-order valence-electron chi connectivity index (χ3n) is 3.32. The predicted octanol–water partition coefficient (Wildman–Crippen LogP) is 4.30. The van der Waals surface area contributed by atoms with Crippen LogP contribution in [-0.2, 0) is 16.6 Å². The molecular weight excluding hydrogens is 265 g/mol. The van der Waals surface area contributed by atoms with Gasteiger partial charge in [-0.3, -0.25) is 4.79 Å². The maximum absolute atomic E-state index is 13.6. The van der Waals surface area contributed by atoms with Crippen LogP contribution < -0.4 is 5.32 Å². The normalized spacial score (nSPS) is 11.2. The molecule has 0 atom stereocenters. The van der Waals surface area contributed by atoms with E-state index in [1.165, 1.54) is 6.07 Å². The van der Waals surface area contributed by atoms with E-state index >= 15 is 0 Å². The lowest BCUT2D eigenvalue weighted by Crippen LogP contribution is -2.20. The van der Waals surface area contributed by atoms with Crippen molar-refractivity contribution in [1.29, 1.82) is 0 Å². The van der Waals surface area contributed by atoms with E-state index in [0.717, 1.165) is 11.3 Å². The van der Waals surface area contributed by atoms with Crippen LogP contribution in [0.25, 0.3) is 0 Å². The Morgan fingerprint density at radius 3 is 2.33 bits per heavy atom. The molecular formula is C18H20FNO. The third kappa shape index (κ3) is 3.91. The van der Waals surface area contributed by atoms with E-state index in [0.29, 0.717) is 5.56 Å². The molecule has 3 heteroatoms. The van der Waals surface area contributed by atoms with Gasteiger partial charge in [0.15, 0.2) is 0 Å². The van der Waals surface area contributed by atoms with Gasteiger partial charge in [0.2, 0.25) is 5.91 Å². The summed E-state index contributed by atoms with van der Waals surface area (Å²) in [6.07, 6.45) is 0.0329. The monoisotopic (exact) mass is 285 g/mol. The van der Waals surface area contributed by atoms with Crippen LogP contribution >= 0.6 is 0 Å². The van der Waals surface area contributed by atoms with Crippen LogP contribution in [0.5, 0.6) is 0 Å². The molecule has 0 aliphatic carbocycles. The summed E-state index contributed by atoms with van der Waals surface area (Å²) >= 11 is 0. The zero-order chi connectivity index (χ0) is 15.5. The van der Waals surface area contributed by atoms with Crippen molar-refractivity contribution in [2.24, 2.45) is 0 Å². The fraction of sp³-hybridized carbons (Fsp3) is 0.278. The Balaban J connectivity index is 2.16. The Labute approximate surface area is 125 Å². The SMILES string of the molecule is CC(C)(C)c1ccccc1NC(=O)Cc1ccccc1F. The number of halogens is 1. The molecule has 0 spiro atoms. The Morgan fingerprint density at radius 1 is 1.05 bits per heavy atom. The van der Waals surface area contributed by atoms with Crippen molar-refractivity contribution in [3.8, 4) is 0 Å². The smallest absolute Gasteiger partial charge is 0.228 e. The van der Waals surface area contributed by atoms with E-state index in [2.05, 4.69) is 26.1 Å². The number of para-hydroxylation sites is 1. The van der Waals surface area contributed by atoms with Gasteiger partial charge in [0.25, 0.3) is 0 Å². The first-order chi connectivity index (χ1) is 9.88. The van der Waals surface area contributed by atoms with Gasteiger partial charge >= 0.3 is 0 Å². The van der Waals surface area contributed by atoms with Crippen LogP contribution in [0.2, 0.25) is 0 Å². The lowest BCUT2D eigenvalue weighted by molar-refractivity contribution is -0.115. The summed E-state index contributed by atoms with van der Waals surface area (Å²) in [5, 5.41) is 2.89. The van der Waals surface area contributed by atoms with Crippen molar-refractivity contribution in [1.82, 2.24) is 0 Å². The molecule has 2 nitrogen and oxygen atoms in total. The highest BCUT2D eigenvalue weighted by molar-refractivity contribution is 5.93. The van der Waals surface area contributed by atoms with Crippen molar-refractivity contribution in [2.75, 3.05) is 5.32 Å². The van der Waals surface area contributed by atoms with Crippen LogP contribution in [0.4, 0.5) is 10.1 Å². The molecule has 0 aliphatic rings. The number of anilines is 1. The van der Waals surface area contributed by atoms with Crippen molar-refractivity contribution in [3.05, 3.63) is 65.5 Å². The number of carbonyl (C=O) groups is 1. The lowest BCUT2D eigenvalue weighted by Gasteiger charge is -2.23. The van der Waals surface area contributed by atoms with Crippen molar-refractivity contribution in [2.45, 2.75) is 32.6 Å². The molecule has 0 saturated heterocycles. The first-order valence-electron chi connectivity index (χ1n) is 7.00. The number of amides is 1. The lowest BCUT2D eigenvalue weighted by atomic mass is 9.86. The summed E-state index contributed by atoms with van der Waals surface area (Å²) in [5.41, 5.74) is 2.18. The average Bonchev–Trinajstić information content (AvgIpc) is 2.41. The fourth-order valence-electron chi connectivity index (χ4n) is 2.26. The van der Waals surface area contributed by atoms with Gasteiger partial charge in [-0.15, -0.1) is 0 Å². The Kier molecular flexibility index (Phi) is 4.41. The molecule has 0 heterocycles. The van der Waals surface area contributed by atoms with E-state index in [1.54, 1.807) is 18.2 Å². The summed E-state index contributed by atoms with van der Waals surface area (Å²) in [7, 11) is 0. The maximum Gasteiger partial charge on any atom is 0.228 e. The van der Waals surface area contributed by atoms with Crippen LogP contribution in [0.15, 0.2) is 48.5 Å². The van der Waals surface area contributed by atoms with Crippen LogP contribution in [0, 0.1) is 5.82 Å². The minimum absolute atomic E-state index is 0.0329. The van der Waals surface area contributed by atoms with Crippen molar-refractivity contribution >= 4 is 11.6 Å².